The predicted octanol–water partition coefficient (Wildman–Crippen LogP) is 4.06. The Morgan fingerprint density at radius 1 is 1.04 bits per heavy atom. The quantitative estimate of drug-likeness (QED) is 0.638. The minimum atomic E-state index is 0.183. The van der Waals surface area contributed by atoms with E-state index < -0.39 is 0 Å². The van der Waals surface area contributed by atoms with Crippen LogP contribution in [0.3, 0.4) is 0 Å². The number of rotatable bonds is 6. The second-order valence-electron chi connectivity index (χ2n) is 4.77. The van der Waals surface area contributed by atoms with Crippen molar-refractivity contribution in [3.8, 4) is 23.0 Å². The summed E-state index contributed by atoms with van der Waals surface area (Å²) >= 11 is 5.67. The molecule has 118 valence electrons. The maximum Gasteiger partial charge on any atom is 0.247 e. The van der Waals surface area contributed by atoms with Crippen LogP contribution < -0.4 is 9.47 Å². The summed E-state index contributed by atoms with van der Waals surface area (Å²) in [5, 5.41) is 7.80. The van der Waals surface area contributed by atoms with E-state index in [2.05, 4.69) is 10.2 Å². The van der Waals surface area contributed by atoms with Crippen LogP contribution in [0.15, 0.2) is 52.9 Å². The van der Waals surface area contributed by atoms with Gasteiger partial charge in [-0.3, -0.25) is 0 Å². The molecule has 0 N–H and O–H groups in total. The van der Waals surface area contributed by atoms with Crippen molar-refractivity contribution in [2.24, 2.45) is 0 Å². The van der Waals surface area contributed by atoms with Crippen molar-refractivity contribution < 1.29 is 13.9 Å². The van der Waals surface area contributed by atoms with Crippen molar-refractivity contribution in [3.63, 3.8) is 0 Å². The molecule has 23 heavy (non-hydrogen) atoms. The average molecular weight is 331 g/mol. The molecule has 0 atom stereocenters. The Labute approximate surface area is 138 Å². The van der Waals surface area contributed by atoms with Gasteiger partial charge in [0.15, 0.2) is 11.5 Å². The molecule has 5 nitrogen and oxygen atoms in total. The van der Waals surface area contributed by atoms with Crippen molar-refractivity contribution in [1.82, 2.24) is 10.2 Å². The van der Waals surface area contributed by atoms with Gasteiger partial charge in [-0.25, -0.2) is 0 Å². The number of methoxy groups -OCH3 is 1. The van der Waals surface area contributed by atoms with Gasteiger partial charge in [0, 0.05) is 5.56 Å². The van der Waals surface area contributed by atoms with Crippen LogP contribution >= 0.6 is 11.6 Å². The highest BCUT2D eigenvalue weighted by molar-refractivity contribution is 6.16. The van der Waals surface area contributed by atoms with Crippen molar-refractivity contribution in [2.45, 2.75) is 12.5 Å². The van der Waals surface area contributed by atoms with Gasteiger partial charge in [0.1, 0.15) is 12.5 Å². The van der Waals surface area contributed by atoms with Gasteiger partial charge < -0.3 is 13.9 Å². The molecule has 0 saturated carbocycles. The molecule has 3 rings (SSSR count). The molecule has 0 aliphatic rings. The Bertz CT molecular complexity index is 775. The number of hydrogen-bond acceptors (Lipinski definition) is 5. The minimum absolute atomic E-state index is 0.183. The fraction of sp³-hybridized carbons (Fsp3) is 0.176. The molecule has 0 aliphatic carbocycles. The van der Waals surface area contributed by atoms with E-state index in [0.29, 0.717) is 29.9 Å². The van der Waals surface area contributed by atoms with Crippen LogP contribution in [-0.2, 0) is 12.5 Å². The van der Waals surface area contributed by atoms with E-state index >= 15 is 0 Å². The standard InChI is InChI=1S/C17H15ClN2O3/c1-21-15-9-13(17-20-19-16(10-18)23-17)7-8-14(15)22-11-12-5-3-2-4-6-12/h2-9H,10-11H2,1H3. The van der Waals surface area contributed by atoms with Crippen LogP contribution in [0.2, 0.25) is 0 Å². The van der Waals surface area contributed by atoms with Gasteiger partial charge in [0.05, 0.1) is 7.11 Å². The normalized spacial score (nSPS) is 10.5. The molecule has 0 bridgehead atoms. The van der Waals surface area contributed by atoms with Crippen LogP contribution in [0, 0.1) is 0 Å². The third-order valence-electron chi connectivity index (χ3n) is 3.23. The van der Waals surface area contributed by atoms with Crippen molar-refractivity contribution in [1.29, 1.82) is 0 Å². The summed E-state index contributed by atoms with van der Waals surface area (Å²) in [7, 11) is 1.59. The zero-order valence-electron chi connectivity index (χ0n) is 12.5. The highest BCUT2D eigenvalue weighted by Gasteiger charge is 2.12. The topological polar surface area (TPSA) is 57.4 Å². The smallest absolute Gasteiger partial charge is 0.247 e. The molecule has 1 aromatic heterocycles. The SMILES string of the molecule is COc1cc(-c2nnc(CCl)o2)ccc1OCc1ccccc1. The summed E-state index contributed by atoms with van der Waals surface area (Å²) in [6.07, 6.45) is 0. The van der Waals surface area contributed by atoms with E-state index in [9.17, 15) is 0 Å². The maximum absolute atomic E-state index is 5.82. The Kier molecular flexibility index (Phi) is 4.78. The number of ether oxygens (including phenoxy) is 2. The fourth-order valence-corrected chi connectivity index (χ4v) is 2.19. The van der Waals surface area contributed by atoms with Crippen LogP contribution in [0.5, 0.6) is 11.5 Å². The maximum atomic E-state index is 5.82. The molecule has 0 saturated heterocycles. The van der Waals surface area contributed by atoms with Crippen molar-refractivity contribution >= 4 is 11.6 Å². The number of alkyl halides is 1. The lowest BCUT2D eigenvalue weighted by molar-refractivity contribution is 0.284. The minimum Gasteiger partial charge on any atom is -0.493 e. The first kappa shape index (κ1) is 15.4. The molecule has 3 aromatic rings. The van der Waals surface area contributed by atoms with Crippen LogP contribution in [-0.4, -0.2) is 17.3 Å². The molecule has 2 aromatic carbocycles. The summed E-state index contributed by atoms with van der Waals surface area (Å²) in [5.41, 5.74) is 1.83. The van der Waals surface area contributed by atoms with Gasteiger partial charge in [-0.05, 0) is 23.8 Å². The van der Waals surface area contributed by atoms with E-state index in [1.165, 1.54) is 0 Å². The summed E-state index contributed by atoms with van der Waals surface area (Å²) < 4.78 is 16.6. The van der Waals surface area contributed by atoms with Gasteiger partial charge in [0.25, 0.3) is 0 Å². The molecule has 0 fully saturated rings. The number of nitrogens with zero attached hydrogens (tertiary/aromatic N) is 2. The molecule has 0 aliphatic heterocycles. The third kappa shape index (κ3) is 3.63. The number of aromatic nitrogens is 2. The lowest BCUT2D eigenvalue weighted by atomic mass is 10.2. The van der Waals surface area contributed by atoms with E-state index in [4.69, 9.17) is 25.5 Å². The molecule has 0 amide bonds. The molecule has 0 radical (unpaired) electrons. The van der Waals surface area contributed by atoms with Crippen molar-refractivity contribution in [2.75, 3.05) is 7.11 Å². The molecule has 0 unspecified atom stereocenters. The van der Waals surface area contributed by atoms with E-state index in [0.717, 1.165) is 11.1 Å². The van der Waals surface area contributed by atoms with Crippen LogP contribution in [0.1, 0.15) is 11.5 Å². The molecular formula is C17H15ClN2O3. The van der Waals surface area contributed by atoms with E-state index in [-0.39, 0.29) is 5.88 Å². The Morgan fingerprint density at radius 2 is 1.87 bits per heavy atom. The monoisotopic (exact) mass is 330 g/mol. The van der Waals surface area contributed by atoms with E-state index in [1.54, 1.807) is 13.2 Å². The largest absolute Gasteiger partial charge is 0.493 e. The second-order valence-corrected chi connectivity index (χ2v) is 5.04. The number of benzene rings is 2. The lowest BCUT2D eigenvalue weighted by Gasteiger charge is -2.11. The van der Waals surface area contributed by atoms with Gasteiger partial charge in [-0.2, -0.15) is 0 Å². The Hall–Kier alpha value is -2.53. The molecular weight excluding hydrogens is 316 g/mol. The van der Waals surface area contributed by atoms with Crippen molar-refractivity contribution in [3.05, 3.63) is 60.0 Å². The molecule has 0 spiro atoms. The van der Waals surface area contributed by atoms with Gasteiger partial charge in [-0.15, -0.1) is 21.8 Å². The molecule has 6 heteroatoms. The highest BCUT2D eigenvalue weighted by atomic mass is 35.5. The molecule has 1 heterocycles. The second kappa shape index (κ2) is 7.15. The number of hydrogen-bond donors (Lipinski definition) is 0. The predicted molar refractivity (Wildman–Crippen MR) is 86.6 cm³/mol. The van der Waals surface area contributed by atoms with Gasteiger partial charge in [-0.1, -0.05) is 30.3 Å². The highest BCUT2D eigenvalue weighted by Crippen LogP contribution is 2.32. The zero-order valence-corrected chi connectivity index (χ0v) is 13.3. The van der Waals surface area contributed by atoms with Crippen LogP contribution in [0.4, 0.5) is 0 Å². The van der Waals surface area contributed by atoms with Gasteiger partial charge in [0.2, 0.25) is 11.8 Å². The van der Waals surface area contributed by atoms with Gasteiger partial charge >= 0.3 is 0 Å². The first-order valence-corrected chi connectivity index (χ1v) is 7.57. The van der Waals surface area contributed by atoms with E-state index in [1.807, 2.05) is 42.5 Å². The first-order valence-electron chi connectivity index (χ1n) is 7.03. The first-order chi connectivity index (χ1) is 11.3. The zero-order chi connectivity index (χ0) is 16.1. The third-order valence-corrected chi connectivity index (χ3v) is 3.46. The summed E-state index contributed by atoms with van der Waals surface area (Å²) in [6, 6.07) is 15.4. The fourth-order valence-electron chi connectivity index (χ4n) is 2.08. The van der Waals surface area contributed by atoms with Crippen LogP contribution in [0.25, 0.3) is 11.5 Å². The summed E-state index contributed by atoms with van der Waals surface area (Å²) in [4.78, 5) is 0. The summed E-state index contributed by atoms with van der Waals surface area (Å²) in [6.45, 7) is 0.466. The Morgan fingerprint density at radius 3 is 2.57 bits per heavy atom. The Balaban J connectivity index is 1.79. The summed E-state index contributed by atoms with van der Waals surface area (Å²) in [5.74, 6) is 2.21. The number of halogens is 1. The average Bonchev–Trinajstić information content (AvgIpc) is 3.10. The lowest BCUT2D eigenvalue weighted by Crippen LogP contribution is -1.97.